The van der Waals surface area contributed by atoms with Crippen LogP contribution in [0.25, 0.3) is 0 Å². The van der Waals surface area contributed by atoms with Crippen LogP contribution in [0.3, 0.4) is 0 Å². The molecule has 0 saturated carbocycles. The van der Waals surface area contributed by atoms with Gasteiger partial charge in [-0.25, -0.2) is 4.79 Å². The number of carbonyl (C=O) groups excluding carboxylic acids is 4. The molecule has 2 aromatic rings. The number of alkyl halides is 2. The highest BCUT2D eigenvalue weighted by Gasteiger charge is 2.59. The number of nitrogens with zero attached hydrogens (tertiary/aromatic N) is 2. The van der Waals surface area contributed by atoms with Crippen molar-refractivity contribution < 1.29 is 42.9 Å². The van der Waals surface area contributed by atoms with Crippen LogP contribution in [0.2, 0.25) is 0 Å². The van der Waals surface area contributed by atoms with E-state index in [1.165, 1.54) is 0 Å². The quantitative estimate of drug-likeness (QED) is 0.200. The maximum atomic E-state index is 14.4. The molecule has 12 nitrogen and oxygen atoms in total. The summed E-state index contributed by atoms with van der Waals surface area (Å²) in [6, 6.07) is 10.3. The summed E-state index contributed by atoms with van der Waals surface area (Å²) in [5, 5.41) is 21.2. The number of amides is 1. The number of nitrogens with two attached hydrogens (primary N) is 1. The molecule has 0 spiro atoms. The van der Waals surface area contributed by atoms with Crippen molar-refractivity contribution in [3.63, 3.8) is 0 Å². The van der Waals surface area contributed by atoms with Gasteiger partial charge in [0.25, 0.3) is 0 Å². The van der Waals surface area contributed by atoms with Gasteiger partial charge in [-0.2, -0.15) is 13.8 Å². The van der Waals surface area contributed by atoms with E-state index in [9.17, 15) is 37.9 Å². The zero-order chi connectivity index (χ0) is 33.3. The molecular formula is C31H40F2N4O8. The number of rotatable bonds is 17. The first-order valence-electron chi connectivity index (χ1n) is 14.8. The molecule has 0 radical (unpaired) electrons. The molecule has 5 N–H and O–H groups in total. The Morgan fingerprint density at radius 1 is 1.07 bits per heavy atom. The molecule has 1 aliphatic heterocycles. The van der Waals surface area contributed by atoms with Crippen LogP contribution in [0.1, 0.15) is 57.7 Å². The van der Waals surface area contributed by atoms with Crippen LogP contribution >= 0.6 is 0 Å². The number of benzene rings is 1. The van der Waals surface area contributed by atoms with E-state index in [1.807, 2.05) is 44.2 Å². The number of aromatic nitrogens is 2. The Kier molecular flexibility index (Phi) is 12.7. The number of aliphatic hydroxyl groups excluding tert-OH is 2. The van der Waals surface area contributed by atoms with Crippen molar-refractivity contribution in [3.8, 4) is 0 Å². The zero-order valence-corrected chi connectivity index (χ0v) is 25.2. The van der Waals surface area contributed by atoms with Crippen molar-refractivity contribution in [3.05, 3.63) is 58.6 Å². The second kappa shape index (κ2) is 16.0. The number of anilines is 1. The van der Waals surface area contributed by atoms with E-state index in [0.717, 1.165) is 17.8 Å². The first-order valence-corrected chi connectivity index (χ1v) is 14.8. The van der Waals surface area contributed by atoms with Gasteiger partial charge in [0.05, 0.1) is 13.2 Å². The normalized spacial score (nSPS) is 20.5. The van der Waals surface area contributed by atoms with Gasteiger partial charge in [0.1, 0.15) is 29.3 Å². The largest absolute Gasteiger partial charge is 0.394 e. The summed E-state index contributed by atoms with van der Waals surface area (Å²) in [7, 11) is 0. The van der Waals surface area contributed by atoms with Crippen molar-refractivity contribution in [2.75, 3.05) is 18.5 Å². The van der Waals surface area contributed by atoms with Gasteiger partial charge < -0.3 is 26.0 Å². The standard InChI is InChI=1S/C31H40F2N4O8/c1-18(2)12-20(15-24(41)21(14-22(39)16-34)13-19-6-4-3-5-7-19)23(40)8-9-27(42)35-26-10-11-37(30(44)36-26)29-31(32,33)28(43)25(17-38)45-29/h3-7,10-11,18,20-21,25,28-29,38,43H,8-9,12-17,34H2,1-2H3,(H,35,36,42,44)/t20?,21?,25-,28?,29-/m1/s1. The average Bonchev–Trinajstić information content (AvgIpc) is 3.22. The topological polar surface area (TPSA) is 191 Å². The molecule has 3 unspecified atom stereocenters. The van der Waals surface area contributed by atoms with Crippen molar-refractivity contribution in [1.82, 2.24) is 9.55 Å². The van der Waals surface area contributed by atoms with Gasteiger partial charge in [-0.05, 0) is 30.4 Å². The molecule has 0 bridgehead atoms. The average molecular weight is 635 g/mol. The summed E-state index contributed by atoms with van der Waals surface area (Å²) in [4.78, 5) is 67.3. The molecule has 3 rings (SSSR count). The number of aliphatic hydroxyl groups is 2. The fourth-order valence-electron chi connectivity index (χ4n) is 5.29. The maximum absolute atomic E-state index is 14.4. The highest BCUT2D eigenvalue weighted by molar-refractivity contribution is 5.95. The van der Waals surface area contributed by atoms with Gasteiger partial charge in [-0.1, -0.05) is 44.2 Å². The molecule has 2 heterocycles. The number of Topliss-reactive ketones (excluding diaryl/α,β-unsaturated/α-hetero) is 3. The number of ketones is 3. The summed E-state index contributed by atoms with van der Waals surface area (Å²) in [6.07, 6.45) is -5.14. The SMILES string of the molecule is CC(C)CC(CC(=O)C(CC(=O)CN)Cc1ccccc1)C(=O)CCC(=O)Nc1ccn([C@@H]2O[C@H](CO)C(O)C2(F)F)c(=O)n1. The van der Waals surface area contributed by atoms with Gasteiger partial charge in [0.15, 0.2) is 6.10 Å². The molecule has 1 fully saturated rings. The lowest BCUT2D eigenvalue weighted by atomic mass is 9.81. The minimum atomic E-state index is -3.89. The van der Waals surface area contributed by atoms with E-state index in [-0.39, 0.29) is 61.3 Å². The van der Waals surface area contributed by atoms with Gasteiger partial charge >= 0.3 is 11.6 Å². The van der Waals surface area contributed by atoms with Gasteiger partial charge in [0.2, 0.25) is 12.1 Å². The molecule has 246 valence electrons. The Morgan fingerprint density at radius 3 is 2.33 bits per heavy atom. The lowest BCUT2D eigenvalue weighted by Crippen LogP contribution is -2.41. The summed E-state index contributed by atoms with van der Waals surface area (Å²) in [5.74, 6) is -6.86. The first kappa shape index (κ1) is 35.8. The molecular weight excluding hydrogens is 594 g/mol. The van der Waals surface area contributed by atoms with Crippen LogP contribution in [0.4, 0.5) is 14.6 Å². The lowest BCUT2D eigenvalue weighted by molar-refractivity contribution is -0.141. The maximum Gasteiger partial charge on any atom is 0.351 e. The molecule has 45 heavy (non-hydrogen) atoms. The van der Waals surface area contributed by atoms with Crippen LogP contribution in [-0.2, 0) is 30.3 Å². The Bertz CT molecular complexity index is 1400. The molecule has 14 heteroatoms. The Hall–Kier alpha value is -3.72. The third kappa shape index (κ3) is 9.63. The number of carbonyl (C=O) groups is 4. The van der Waals surface area contributed by atoms with E-state index in [4.69, 9.17) is 15.6 Å². The van der Waals surface area contributed by atoms with E-state index < -0.39 is 54.4 Å². The molecule has 5 atom stereocenters. The van der Waals surface area contributed by atoms with E-state index in [2.05, 4.69) is 10.3 Å². The van der Waals surface area contributed by atoms with E-state index >= 15 is 0 Å². The molecule has 1 saturated heterocycles. The second-order valence-corrected chi connectivity index (χ2v) is 11.7. The number of hydrogen-bond acceptors (Lipinski definition) is 10. The van der Waals surface area contributed by atoms with Crippen LogP contribution in [0.5, 0.6) is 0 Å². The number of nitrogens with one attached hydrogen (secondary N) is 1. The minimum absolute atomic E-state index is 0.0336. The van der Waals surface area contributed by atoms with E-state index in [0.29, 0.717) is 17.4 Å². The monoisotopic (exact) mass is 634 g/mol. The summed E-state index contributed by atoms with van der Waals surface area (Å²) in [6.45, 7) is 2.72. The lowest BCUT2D eigenvalue weighted by Gasteiger charge is -2.21. The van der Waals surface area contributed by atoms with Gasteiger partial charge in [-0.3, -0.25) is 23.7 Å². The number of ether oxygens (including phenoxy) is 1. The van der Waals surface area contributed by atoms with Crippen molar-refractivity contribution in [2.24, 2.45) is 23.5 Å². The number of halogens is 2. The molecule has 1 aromatic heterocycles. The van der Waals surface area contributed by atoms with Crippen molar-refractivity contribution in [2.45, 2.75) is 76.7 Å². The molecule has 1 aliphatic rings. The summed E-state index contributed by atoms with van der Waals surface area (Å²) >= 11 is 0. The highest BCUT2D eigenvalue weighted by Crippen LogP contribution is 2.42. The van der Waals surface area contributed by atoms with Crippen LogP contribution in [0.15, 0.2) is 47.4 Å². The Balaban J connectivity index is 1.63. The van der Waals surface area contributed by atoms with Crippen molar-refractivity contribution >= 4 is 29.1 Å². The first-order chi connectivity index (χ1) is 21.3. The number of hydrogen-bond donors (Lipinski definition) is 4. The second-order valence-electron chi connectivity index (χ2n) is 11.7. The smallest absolute Gasteiger partial charge is 0.351 e. The van der Waals surface area contributed by atoms with Gasteiger partial charge in [0, 0.05) is 43.7 Å². The minimum Gasteiger partial charge on any atom is -0.394 e. The molecule has 1 aromatic carbocycles. The predicted molar refractivity (Wildman–Crippen MR) is 158 cm³/mol. The Morgan fingerprint density at radius 2 is 1.76 bits per heavy atom. The summed E-state index contributed by atoms with van der Waals surface area (Å²) in [5.41, 5.74) is 5.17. The Labute approximate surface area is 259 Å². The highest BCUT2D eigenvalue weighted by atomic mass is 19.3. The van der Waals surface area contributed by atoms with Crippen LogP contribution in [-0.4, -0.2) is 74.3 Å². The molecule has 1 amide bonds. The fraction of sp³-hybridized carbons (Fsp3) is 0.548. The fourth-order valence-corrected chi connectivity index (χ4v) is 5.29. The zero-order valence-electron chi connectivity index (χ0n) is 25.2. The third-order valence-corrected chi connectivity index (χ3v) is 7.65. The van der Waals surface area contributed by atoms with E-state index in [1.54, 1.807) is 0 Å². The molecule has 0 aliphatic carbocycles. The van der Waals surface area contributed by atoms with Crippen molar-refractivity contribution in [1.29, 1.82) is 0 Å². The van der Waals surface area contributed by atoms with Crippen LogP contribution in [0, 0.1) is 17.8 Å². The van der Waals surface area contributed by atoms with Gasteiger partial charge in [-0.15, -0.1) is 0 Å². The third-order valence-electron chi connectivity index (χ3n) is 7.65. The summed E-state index contributed by atoms with van der Waals surface area (Å²) < 4.78 is 34.2. The predicted octanol–water partition coefficient (Wildman–Crippen LogP) is 1.82. The van der Waals surface area contributed by atoms with Crippen LogP contribution < -0.4 is 16.7 Å².